The summed E-state index contributed by atoms with van der Waals surface area (Å²) in [7, 11) is 0. The molecule has 1 aromatic heterocycles. The Hall–Kier alpha value is -0.870. The lowest BCUT2D eigenvalue weighted by Gasteiger charge is -2.19. The average molecular weight is 238 g/mol. The van der Waals surface area contributed by atoms with Gasteiger partial charge < -0.3 is 14.8 Å². The Labute approximate surface area is 105 Å². The van der Waals surface area contributed by atoms with Crippen molar-refractivity contribution in [3.8, 4) is 0 Å². The van der Waals surface area contributed by atoms with Gasteiger partial charge in [-0.15, -0.1) is 0 Å². The number of aromatic nitrogens is 2. The van der Waals surface area contributed by atoms with Crippen LogP contribution in [0.5, 0.6) is 0 Å². The van der Waals surface area contributed by atoms with E-state index in [0.717, 1.165) is 38.5 Å². The fraction of sp³-hybridized carbons (Fsp3) is 0.769. The highest BCUT2D eigenvalue weighted by Crippen LogP contribution is 1.99. The van der Waals surface area contributed by atoms with Gasteiger partial charge in [-0.05, 0) is 13.1 Å². The molecule has 1 heterocycles. The van der Waals surface area contributed by atoms with Crippen molar-refractivity contribution in [3.63, 3.8) is 0 Å². The molecule has 0 aliphatic heterocycles. The van der Waals surface area contributed by atoms with Gasteiger partial charge in [-0.2, -0.15) is 0 Å². The Balaban J connectivity index is 2.45. The van der Waals surface area contributed by atoms with Crippen LogP contribution >= 0.6 is 0 Å². The van der Waals surface area contributed by atoms with Crippen molar-refractivity contribution in [3.05, 3.63) is 18.2 Å². The first-order valence-corrected chi connectivity index (χ1v) is 6.63. The number of nitrogens with zero attached hydrogens (tertiary/aromatic N) is 3. The Morgan fingerprint density at radius 3 is 2.65 bits per heavy atom. The minimum absolute atomic E-state index is 0.503. The SMILES string of the molecule is CCN(CC)CCn1ccnc1CNC(C)C. The molecule has 1 aromatic rings. The van der Waals surface area contributed by atoms with Crippen LogP contribution in [0.3, 0.4) is 0 Å². The van der Waals surface area contributed by atoms with Crippen LogP contribution in [0.15, 0.2) is 12.4 Å². The van der Waals surface area contributed by atoms with E-state index >= 15 is 0 Å². The third-order valence-corrected chi connectivity index (χ3v) is 3.02. The predicted molar refractivity (Wildman–Crippen MR) is 72.0 cm³/mol. The summed E-state index contributed by atoms with van der Waals surface area (Å²) in [5.74, 6) is 1.13. The molecule has 0 spiro atoms. The summed E-state index contributed by atoms with van der Waals surface area (Å²) >= 11 is 0. The van der Waals surface area contributed by atoms with Gasteiger partial charge in [0.15, 0.2) is 0 Å². The lowest BCUT2D eigenvalue weighted by atomic mass is 10.4. The van der Waals surface area contributed by atoms with Crippen LogP contribution in [-0.2, 0) is 13.1 Å². The van der Waals surface area contributed by atoms with Crippen molar-refractivity contribution in [2.75, 3.05) is 19.6 Å². The first kappa shape index (κ1) is 14.2. The lowest BCUT2D eigenvalue weighted by Crippen LogP contribution is -2.28. The molecule has 4 nitrogen and oxygen atoms in total. The highest BCUT2D eigenvalue weighted by atomic mass is 15.2. The van der Waals surface area contributed by atoms with E-state index < -0.39 is 0 Å². The summed E-state index contributed by atoms with van der Waals surface area (Å²) < 4.78 is 2.24. The lowest BCUT2D eigenvalue weighted by molar-refractivity contribution is 0.288. The van der Waals surface area contributed by atoms with Gasteiger partial charge in [-0.1, -0.05) is 27.7 Å². The largest absolute Gasteiger partial charge is 0.333 e. The van der Waals surface area contributed by atoms with Gasteiger partial charge in [-0.3, -0.25) is 0 Å². The average Bonchev–Trinajstić information content (AvgIpc) is 2.75. The number of likely N-dealkylation sites (N-methyl/N-ethyl adjacent to an activating group) is 1. The second kappa shape index (κ2) is 7.45. The highest BCUT2D eigenvalue weighted by molar-refractivity contribution is 4.92. The molecule has 4 heteroatoms. The molecule has 17 heavy (non-hydrogen) atoms. The molecule has 0 aromatic carbocycles. The van der Waals surface area contributed by atoms with Gasteiger partial charge in [-0.25, -0.2) is 4.98 Å². The molecule has 0 bridgehead atoms. The molecule has 0 atom stereocenters. The molecular weight excluding hydrogens is 212 g/mol. The van der Waals surface area contributed by atoms with Crippen LogP contribution in [0.4, 0.5) is 0 Å². The maximum Gasteiger partial charge on any atom is 0.122 e. The van der Waals surface area contributed by atoms with E-state index in [1.807, 2.05) is 6.20 Å². The summed E-state index contributed by atoms with van der Waals surface area (Å²) in [5, 5.41) is 3.41. The van der Waals surface area contributed by atoms with E-state index in [9.17, 15) is 0 Å². The monoisotopic (exact) mass is 238 g/mol. The number of nitrogens with one attached hydrogen (secondary N) is 1. The molecule has 0 unspecified atom stereocenters. The van der Waals surface area contributed by atoms with Crippen molar-refractivity contribution in [2.45, 2.75) is 46.8 Å². The first-order chi connectivity index (χ1) is 8.17. The van der Waals surface area contributed by atoms with Crippen LogP contribution in [0.1, 0.15) is 33.5 Å². The molecule has 0 saturated heterocycles. The van der Waals surface area contributed by atoms with E-state index in [4.69, 9.17) is 0 Å². The molecular formula is C13H26N4. The van der Waals surface area contributed by atoms with Gasteiger partial charge in [0.25, 0.3) is 0 Å². The van der Waals surface area contributed by atoms with E-state index in [1.165, 1.54) is 0 Å². The van der Waals surface area contributed by atoms with Crippen LogP contribution in [0, 0.1) is 0 Å². The zero-order chi connectivity index (χ0) is 12.7. The van der Waals surface area contributed by atoms with Crippen molar-refractivity contribution in [2.24, 2.45) is 0 Å². The summed E-state index contributed by atoms with van der Waals surface area (Å²) in [4.78, 5) is 6.83. The van der Waals surface area contributed by atoms with E-state index in [-0.39, 0.29) is 0 Å². The van der Waals surface area contributed by atoms with E-state index in [2.05, 4.69) is 53.7 Å². The maximum absolute atomic E-state index is 4.40. The van der Waals surface area contributed by atoms with Gasteiger partial charge in [0.1, 0.15) is 5.82 Å². The first-order valence-electron chi connectivity index (χ1n) is 6.63. The molecule has 98 valence electrons. The number of rotatable bonds is 8. The molecule has 0 saturated carbocycles. The predicted octanol–water partition coefficient (Wildman–Crippen LogP) is 1.72. The van der Waals surface area contributed by atoms with Crippen LogP contribution in [0.2, 0.25) is 0 Å². The number of hydrogen-bond donors (Lipinski definition) is 1. The fourth-order valence-electron chi connectivity index (χ4n) is 1.80. The fourth-order valence-corrected chi connectivity index (χ4v) is 1.80. The van der Waals surface area contributed by atoms with Crippen molar-refractivity contribution in [1.82, 2.24) is 19.8 Å². The van der Waals surface area contributed by atoms with Crippen molar-refractivity contribution in [1.29, 1.82) is 0 Å². The normalized spacial score (nSPS) is 11.6. The quantitative estimate of drug-likeness (QED) is 0.748. The smallest absolute Gasteiger partial charge is 0.122 e. The molecule has 1 N–H and O–H groups in total. The van der Waals surface area contributed by atoms with Gasteiger partial charge in [0, 0.05) is 31.5 Å². The molecule has 0 aliphatic carbocycles. The number of hydrogen-bond acceptors (Lipinski definition) is 3. The van der Waals surface area contributed by atoms with Crippen LogP contribution < -0.4 is 5.32 Å². The molecule has 0 amide bonds. The van der Waals surface area contributed by atoms with Gasteiger partial charge in [0.05, 0.1) is 6.54 Å². The minimum atomic E-state index is 0.503. The highest BCUT2D eigenvalue weighted by Gasteiger charge is 2.05. The molecule has 0 radical (unpaired) electrons. The third-order valence-electron chi connectivity index (χ3n) is 3.02. The Morgan fingerprint density at radius 1 is 1.35 bits per heavy atom. The second-order valence-corrected chi connectivity index (χ2v) is 4.60. The summed E-state index contributed by atoms with van der Waals surface area (Å²) in [5.41, 5.74) is 0. The molecule has 0 fully saturated rings. The zero-order valence-corrected chi connectivity index (χ0v) is 11.6. The number of imidazole rings is 1. The molecule has 0 aliphatic rings. The topological polar surface area (TPSA) is 33.1 Å². The second-order valence-electron chi connectivity index (χ2n) is 4.60. The molecule has 1 rings (SSSR count). The standard InChI is InChI=1S/C13H26N4/c1-5-16(6-2)9-10-17-8-7-14-13(17)11-15-12(3)4/h7-8,12,15H,5-6,9-11H2,1-4H3. The summed E-state index contributed by atoms with van der Waals surface area (Å²) in [6.07, 6.45) is 3.96. The summed E-state index contributed by atoms with van der Waals surface area (Å²) in [6.45, 7) is 13.9. The van der Waals surface area contributed by atoms with Gasteiger partial charge >= 0.3 is 0 Å². The summed E-state index contributed by atoms with van der Waals surface area (Å²) in [6, 6.07) is 0.503. The Kier molecular flexibility index (Phi) is 6.22. The van der Waals surface area contributed by atoms with E-state index in [1.54, 1.807) is 0 Å². The van der Waals surface area contributed by atoms with Crippen LogP contribution in [0.25, 0.3) is 0 Å². The van der Waals surface area contributed by atoms with E-state index in [0.29, 0.717) is 6.04 Å². The zero-order valence-electron chi connectivity index (χ0n) is 11.6. The Morgan fingerprint density at radius 2 is 2.06 bits per heavy atom. The minimum Gasteiger partial charge on any atom is -0.333 e. The van der Waals surface area contributed by atoms with Gasteiger partial charge in [0.2, 0.25) is 0 Å². The Bertz CT molecular complexity index is 302. The van der Waals surface area contributed by atoms with Crippen molar-refractivity contribution >= 4 is 0 Å². The third kappa shape index (κ3) is 4.88. The van der Waals surface area contributed by atoms with Crippen molar-refractivity contribution < 1.29 is 0 Å². The van der Waals surface area contributed by atoms with Crippen LogP contribution in [-0.4, -0.2) is 40.1 Å². The maximum atomic E-state index is 4.40.